The molecular weight excluding hydrogens is 331 g/mol. The van der Waals surface area contributed by atoms with Crippen molar-refractivity contribution in [3.05, 3.63) is 27.7 Å². The van der Waals surface area contributed by atoms with E-state index in [1.54, 1.807) is 6.07 Å². The number of benzene rings is 1. The molecule has 4 nitrogen and oxygen atoms in total. The smallest absolute Gasteiger partial charge is 0.242 e. The number of hydrogen-bond acceptors (Lipinski definition) is 3. The zero-order valence-electron chi connectivity index (χ0n) is 12.5. The second-order valence-electron chi connectivity index (χ2n) is 5.26. The molecule has 0 bridgehead atoms. The van der Waals surface area contributed by atoms with Gasteiger partial charge in [-0.2, -0.15) is 0 Å². The number of nitrogens with one attached hydrogen (secondary N) is 2. The van der Waals surface area contributed by atoms with Gasteiger partial charge < -0.3 is 5.32 Å². The topological polar surface area (TPSA) is 58.2 Å². The van der Waals surface area contributed by atoms with Crippen molar-refractivity contribution in [2.75, 3.05) is 13.1 Å². The molecular formula is C14H22Cl2N2O2S. The van der Waals surface area contributed by atoms with E-state index in [2.05, 4.69) is 10.0 Å². The molecule has 1 rings (SSSR count). The van der Waals surface area contributed by atoms with Crippen LogP contribution in [0.4, 0.5) is 0 Å². The molecule has 0 aromatic heterocycles. The first-order valence-electron chi connectivity index (χ1n) is 6.96. The molecule has 0 heterocycles. The van der Waals surface area contributed by atoms with Gasteiger partial charge in [0.15, 0.2) is 0 Å². The van der Waals surface area contributed by atoms with Crippen molar-refractivity contribution < 1.29 is 8.42 Å². The Bertz CT molecular complexity index is 575. The van der Waals surface area contributed by atoms with E-state index in [1.807, 2.05) is 20.8 Å². The van der Waals surface area contributed by atoms with Crippen molar-refractivity contribution in [2.45, 2.75) is 38.6 Å². The summed E-state index contributed by atoms with van der Waals surface area (Å²) >= 11 is 12.4. The predicted molar refractivity (Wildman–Crippen MR) is 88.5 cm³/mol. The summed E-state index contributed by atoms with van der Waals surface area (Å²) in [5.74, 6) is 0.219. The summed E-state index contributed by atoms with van der Waals surface area (Å²) in [6, 6.07) is 3.01. The molecule has 0 unspecified atom stereocenters. The SMILES string of the molecule is CCCNCc1c(Cl)ccc(S(=O)(=O)NCC(C)C)c1Cl. The molecule has 0 amide bonds. The minimum Gasteiger partial charge on any atom is -0.313 e. The fourth-order valence-electron chi connectivity index (χ4n) is 1.69. The van der Waals surface area contributed by atoms with E-state index >= 15 is 0 Å². The Balaban J connectivity index is 3.06. The molecule has 0 fully saturated rings. The summed E-state index contributed by atoms with van der Waals surface area (Å²) in [5, 5.41) is 3.82. The lowest BCUT2D eigenvalue weighted by Gasteiger charge is -2.14. The van der Waals surface area contributed by atoms with Gasteiger partial charge in [0.2, 0.25) is 10.0 Å². The van der Waals surface area contributed by atoms with Crippen LogP contribution >= 0.6 is 23.2 Å². The third-order valence-electron chi connectivity index (χ3n) is 2.85. The molecule has 0 saturated heterocycles. The summed E-state index contributed by atoms with van der Waals surface area (Å²) in [4.78, 5) is 0.0718. The lowest BCUT2D eigenvalue weighted by atomic mass is 10.2. The quantitative estimate of drug-likeness (QED) is 0.704. The zero-order chi connectivity index (χ0) is 16.0. The molecule has 0 aliphatic heterocycles. The summed E-state index contributed by atoms with van der Waals surface area (Å²) in [5.41, 5.74) is 0.610. The van der Waals surface area contributed by atoms with E-state index < -0.39 is 10.0 Å². The molecule has 0 radical (unpaired) electrons. The zero-order valence-corrected chi connectivity index (χ0v) is 14.9. The van der Waals surface area contributed by atoms with Crippen LogP contribution in [0, 0.1) is 5.92 Å². The van der Waals surface area contributed by atoms with Crippen LogP contribution in [0.5, 0.6) is 0 Å². The maximum atomic E-state index is 12.3. The summed E-state index contributed by atoms with van der Waals surface area (Å²) in [6.07, 6.45) is 0.975. The average molecular weight is 353 g/mol. The summed E-state index contributed by atoms with van der Waals surface area (Å²) < 4.78 is 27.1. The van der Waals surface area contributed by atoms with Gasteiger partial charge in [-0.25, -0.2) is 13.1 Å². The first-order valence-corrected chi connectivity index (χ1v) is 9.20. The normalized spacial score (nSPS) is 12.1. The second-order valence-corrected chi connectivity index (χ2v) is 7.78. The Morgan fingerprint density at radius 3 is 2.48 bits per heavy atom. The number of halogens is 2. The van der Waals surface area contributed by atoms with Crippen molar-refractivity contribution in [3.8, 4) is 0 Å². The number of rotatable bonds is 8. The van der Waals surface area contributed by atoms with Crippen LogP contribution in [0.1, 0.15) is 32.8 Å². The number of hydrogen-bond donors (Lipinski definition) is 2. The molecule has 120 valence electrons. The maximum absolute atomic E-state index is 12.3. The molecule has 0 aliphatic rings. The fourth-order valence-corrected chi connectivity index (χ4v) is 3.81. The average Bonchev–Trinajstić information content (AvgIpc) is 2.40. The summed E-state index contributed by atoms with van der Waals surface area (Å²) in [7, 11) is -3.62. The third-order valence-corrected chi connectivity index (χ3v) is 5.21. The Labute approximate surface area is 137 Å². The van der Waals surface area contributed by atoms with Crippen LogP contribution < -0.4 is 10.0 Å². The molecule has 0 aliphatic carbocycles. The maximum Gasteiger partial charge on any atom is 0.242 e. The minimum atomic E-state index is -3.62. The van der Waals surface area contributed by atoms with Crippen molar-refractivity contribution in [1.82, 2.24) is 10.0 Å². The van der Waals surface area contributed by atoms with Gasteiger partial charge in [-0.05, 0) is 31.0 Å². The van der Waals surface area contributed by atoms with E-state index in [-0.39, 0.29) is 15.8 Å². The first kappa shape index (κ1) is 18.7. The van der Waals surface area contributed by atoms with Crippen LogP contribution in [0.25, 0.3) is 0 Å². The summed E-state index contributed by atoms with van der Waals surface area (Å²) in [6.45, 7) is 7.55. The van der Waals surface area contributed by atoms with Crippen molar-refractivity contribution >= 4 is 33.2 Å². The number of sulfonamides is 1. The van der Waals surface area contributed by atoms with Gasteiger partial charge in [-0.15, -0.1) is 0 Å². The largest absolute Gasteiger partial charge is 0.313 e. The molecule has 0 saturated carbocycles. The van der Waals surface area contributed by atoms with Crippen LogP contribution in [0.3, 0.4) is 0 Å². The molecule has 1 aromatic rings. The molecule has 21 heavy (non-hydrogen) atoms. The third kappa shape index (κ3) is 5.42. The van der Waals surface area contributed by atoms with Gasteiger partial charge in [0.25, 0.3) is 0 Å². The van der Waals surface area contributed by atoms with Gasteiger partial charge in [-0.3, -0.25) is 0 Å². The van der Waals surface area contributed by atoms with Crippen LogP contribution in [-0.4, -0.2) is 21.5 Å². The van der Waals surface area contributed by atoms with Gasteiger partial charge in [0.1, 0.15) is 4.90 Å². The fraction of sp³-hybridized carbons (Fsp3) is 0.571. The Kier molecular flexibility index (Phi) is 7.44. The van der Waals surface area contributed by atoms with E-state index in [1.165, 1.54) is 6.07 Å². The second kappa shape index (κ2) is 8.34. The minimum absolute atomic E-state index is 0.0718. The lowest BCUT2D eigenvalue weighted by Crippen LogP contribution is -2.28. The van der Waals surface area contributed by atoms with Crippen molar-refractivity contribution in [3.63, 3.8) is 0 Å². The van der Waals surface area contributed by atoms with Crippen LogP contribution in [-0.2, 0) is 16.6 Å². The lowest BCUT2D eigenvalue weighted by molar-refractivity contribution is 0.560. The molecule has 7 heteroatoms. The molecule has 0 atom stereocenters. The Morgan fingerprint density at radius 1 is 1.24 bits per heavy atom. The highest BCUT2D eigenvalue weighted by Crippen LogP contribution is 2.31. The molecule has 0 spiro atoms. The Hall–Kier alpha value is -0.330. The van der Waals surface area contributed by atoms with E-state index in [0.717, 1.165) is 13.0 Å². The highest BCUT2D eigenvalue weighted by Gasteiger charge is 2.21. The predicted octanol–water partition coefficient (Wildman–Crippen LogP) is 3.43. The van der Waals surface area contributed by atoms with Gasteiger partial charge in [-0.1, -0.05) is 44.0 Å². The highest BCUT2D eigenvalue weighted by atomic mass is 35.5. The monoisotopic (exact) mass is 352 g/mol. The van der Waals surface area contributed by atoms with Gasteiger partial charge >= 0.3 is 0 Å². The van der Waals surface area contributed by atoms with E-state index in [0.29, 0.717) is 23.7 Å². The standard InChI is InChI=1S/C14H22Cl2N2O2S/c1-4-7-17-9-11-12(15)5-6-13(14(11)16)21(19,20)18-8-10(2)3/h5-6,10,17-18H,4,7-9H2,1-3H3. The highest BCUT2D eigenvalue weighted by molar-refractivity contribution is 7.89. The molecule has 2 N–H and O–H groups in total. The van der Waals surface area contributed by atoms with Crippen LogP contribution in [0.2, 0.25) is 10.0 Å². The van der Waals surface area contributed by atoms with Crippen molar-refractivity contribution in [1.29, 1.82) is 0 Å². The Morgan fingerprint density at radius 2 is 1.90 bits per heavy atom. The molecule has 1 aromatic carbocycles. The van der Waals surface area contributed by atoms with E-state index in [4.69, 9.17) is 23.2 Å². The van der Waals surface area contributed by atoms with Crippen LogP contribution in [0.15, 0.2) is 17.0 Å². The van der Waals surface area contributed by atoms with Crippen molar-refractivity contribution in [2.24, 2.45) is 5.92 Å². The van der Waals surface area contributed by atoms with E-state index in [9.17, 15) is 8.42 Å². The van der Waals surface area contributed by atoms with Gasteiger partial charge in [0.05, 0.1) is 5.02 Å². The first-order chi connectivity index (χ1) is 9.79. The van der Waals surface area contributed by atoms with Gasteiger partial charge in [0, 0.05) is 23.7 Å².